The van der Waals surface area contributed by atoms with E-state index in [-0.39, 0.29) is 17.8 Å². The third kappa shape index (κ3) is 4.33. The number of aromatic nitrogens is 4. The average molecular weight is 450 g/mol. The quantitative estimate of drug-likeness (QED) is 0.423. The number of hydrogen-bond donors (Lipinski definition) is 0. The number of halogens is 2. The zero-order chi connectivity index (χ0) is 23.9. The summed E-state index contributed by atoms with van der Waals surface area (Å²) in [7, 11) is 0. The summed E-state index contributed by atoms with van der Waals surface area (Å²) in [5, 5.41) is 5.24. The zero-order valence-electron chi connectivity index (χ0n) is 19.2. The molecule has 0 radical (unpaired) electrons. The van der Waals surface area contributed by atoms with Gasteiger partial charge in [0, 0.05) is 18.0 Å². The number of aryl methyl sites for hydroxylation is 2. The van der Waals surface area contributed by atoms with Crippen molar-refractivity contribution in [3.05, 3.63) is 82.9 Å². The number of anilines is 1. The molecule has 0 bridgehead atoms. The fraction of sp³-hybridized carbons (Fsp3) is 0.280. The third-order valence-corrected chi connectivity index (χ3v) is 5.30. The Morgan fingerprint density at radius 2 is 1.85 bits per heavy atom. The maximum absolute atomic E-state index is 14.8. The molecule has 1 amide bonds. The molecule has 0 aliphatic heterocycles. The smallest absolute Gasteiger partial charge is 0.259 e. The van der Waals surface area contributed by atoms with Crippen LogP contribution in [-0.4, -0.2) is 25.7 Å². The van der Waals surface area contributed by atoms with Crippen LogP contribution in [0.25, 0.3) is 11.0 Å². The number of rotatable bonds is 4. The van der Waals surface area contributed by atoms with Gasteiger partial charge in [-0.15, -0.1) is 0 Å². The Balaban J connectivity index is 1.92. The topological polar surface area (TPSA) is 63.9 Å². The molecule has 3 aromatic heterocycles. The number of pyridine rings is 2. The first-order valence-corrected chi connectivity index (χ1v) is 10.6. The van der Waals surface area contributed by atoms with Crippen LogP contribution in [-0.2, 0) is 12.1 Å². The molecule has 0 atom stereocenters. The summed E-state index contributed by atoms with van der Waals surface area (Å²) >= 11 is 0. The van der Waals surface area contributed by atoms with Crippen LogP contribution in [0.3, 0.4) is 0 Å². The Kier molecular flexibility index (Phi) is 5.69. The molecule has 0 aliphatic carbocycles. The molecule has 0 spiro atoms. The van der Waals surface area contributed by atoms with Crippen LogP contribution in [0.4, 0.5) is 14.5 Å². The minimum Gasteiger partial charge on any atom is -0.299 e. The van der Waals surface area contributed by atoms with Gasteiger partial charge in [-0.1, -0.05) is 6.07 Å². The summed E-state index contributed by atoms with van der Waals surface area (Å²) in [5.41, 5.74) is 2.39. The Bertz CT molecular complexity index is 1340. The van der Waals surface area contributed by atoms with E-state index in [1.807, 2.05) is 27.7 Å². The summed E-state index contributed by atoms with van der Waals surface area (Å²) in [5.74, 6) is -1.99. The van der Waals surface area contributed by atoms with Gasteiger partial charge in [0.25, 0.3) is 5.91 Å². The van der Waals surface area contributed by atoms with E-state index in [0.29, 0.717) is 33.7 Å². The van der Waals surface area contributed by atoms with Gasteiger partial charge in [0.2, 0.25) is 0 Å². The molecule has 0 saturated heterocycles. The van der Waals surface area contributed by atoms with Crippen LogP contribution in [0.2, 0.25) is 0 Å². The number of fused-ring (bicyclic) bond motifs is 1. The predicted octanol–water partition coefficient (Wildman–Crippen LogP) is 5.32. The van der Waals surface area contributed by atoms with Gasteiger partial charge < -0.3 is 0 Å². The summed E-state index contributed by atoms with van der Waals surface area (Å²) in [6, 6.07) is 10.1. The Morgan fingerprint density at radius 3 is 2.48 bits per heavy atom. The van der Waals surface area contributed by atoms with Crippen molar-refractivity contribution in [3.63, 3.8) is 0 Å². The van der Waals surface area contributed by atoms with E-state index in [0.717, 1.165) is 12.1 Å². The molecule has 4 rings (SSSR count). The Morgan fingerprint density at radius 1 is 1.09 bits per heavy atom. The maximum Gasteiger partial charge on any atom is 0.259 e. The fourth-order valence-electron chi connectivity index (χ4n) is 3.82. The van der Waals surface area contributed by atoms with Gasteiger partial charge >= 0.3 is 0 Å². The second-order valence-corrected chi connectivity index (χ2v) is 8.99. The third-order valence-electron chi connectivity index (χ3n) is 5.30. The lowest BCUT2D eigenvalue weighted by Crippen LogP contribution is -2.32. The lowest BCUT2D eigenvalue weighted by Gasteiger charge is -2.24. The minimum atomic E-state index is -0.830. The SMILES string of the molecule is Cc1cc(C(=O)N(Cc2ccccn2)c2ccc(F)cc2F)c2c(C)nn(C(C)(C)C)c2n1. The molecule has 6 nitrogen and oxygen atoms in total. The summed E-state index contributed by atoms with van der Waals surface area (Å²) in [4.78, 5) is 24.1. The van der Waals surface area contributed by atoms with Crippen molar-refractivity contribution in [1.29, 1.82) is 0 Å². The Labute approximate surface area is 190 Å². The van der Waals surface area contributed by atoms with E-state index in [4.69, 9.17) is 0 Å². The largest absolute Gasteiger partial charge is 0.299 e. The highest BCUT2D eigenvalue weighted by molar-refractivity contribution is 6.13. The van der Waals surface area contributed by atoms with Crippen molar-refractivity contribution >= 4 is 22.6 Å². The predicted molar refractivity (Wildman–Crippen MR) is 123 cm³/mol. The van der Waals surface area contributed by atoms with E-state index in [9.17, 15) is 13.6 Å². The normalized spacial score (nSPS) is 11.7. The number of amides is 1. The van der Waals surface area contributed by atoms with Crippen molar-refractivity contribution < 1.29 is 13.6 Å². The molecule has 1 aromatic carbocycles. The number of carbonyl (C=O) groups is 1. The van der Waals surface area contributed by atoms with E-state index in [1.165, 1.54) is 11.0 Å². The maximum atomic E-state index is 14.8. The monoisotopic (exact) mass is 449 g/mol. The second-order valence-electron chi connectivity index (χ2n) is 8.99. The van der Waals surface area contributed by atoms with Gasteiger partial charge in [-0.2, -0.15) is 5.10 Å². The van der Waals surface area contributed by atoms with Crippen molar-refractivity contribution in [2.45, 2.75) is 46.7 Å². The van der Waals surface area contributed by atoms with Crippen LogP contribution in [0.5, 0.6) is 0 Å². The molecule has 3 heterocycles. The molecule has 4 aromatic rings. The fourth-order valence-corrected chi connectivity index (χ4v) is 3.82. The highest BCUT2D eigenvalue weighted by Gasteiger charge is 2.28. The highest BCUT2D eigenvalue weighted by Crippen LogP contribution is 2.30. The number of hydrogen-bond acceptors (Lipinski definition) is 4. The number of carbonyl (C=O) groups excluding carboxylic acids is 1. The van der Waals surface area contributed by atoms with Crippen LogP contribution in [0, 0.1) is 25.5 Å². The van der Waals surface area contributed by atoms with Crippen molar-refractivity contribution in [2.24, 2.45) is 0 Å². The standard InChI is InChI=1S/C25H25F2N5O/c1-15-12-19(22-16(2)30-32(23(22)29-15)25(3,4)5)24(33)31(14-18-8-6-7-11-28-18)21-10-9-17(26)13-20(21)27/h6-13H,14H2,1-5H3. The van der Waals surface area contributed by atoms with Crippen LogP contribution >= 0.6 is 0 Å². The molecule has 33 heavy (non-hydrogen) atoms. The molecule has 0 N–H and O–H groups in total. The first-order valence-electron chi connectivity index (χ1n) is 10.6. The lowest BCUT2D eigenvalue weighted by atomic mass is 10.1. The highest BCUT2D eigenvalue weighted by atomic mass is 19.1. The average Bonchev–Trinajstić information content (AvgIpc) is 3.09. The zero-order valence-corrected chi connectivity index (χ0v) is 19.2. The van der Waals surface area contributed by atoms with Crippen molar-refractivity contribution in [3.8, 4) is 0 Å². The van der Waals surface area contributed by atoms with E-state index >= 15 is 0 Å². The van der Waals surface area contributed by atoms with Gasteiger partial charge in [0.05, 0.1) is 40.1 Å². The van der Waals surface area contributed by atoms with Crippen molar-refractivity contribution in [2.75, 3.05) is 4.90 Å². The Hall–Kier alpha value is -3.68. The molecule has 0 unspecified atom stereocenters. The van der Waals surface area contributed by atoms with Gasteiger partial charge in [-0.25, -0.2) is 18.4 Å². The van der Waals surface area contributed by atoms with Crippen LogP contribution in [0.15, 0.2) is 48.7 Å². The van der Waals surface area contributed by atoms with Gasteiger partial charge in [0.1, 0.15) is 11.6 Å². The summed E-state index contributed by atoms with van der Waals surface area (Å²) in [6.45, 7) is 9.65. The van der Waals surface area contributed by atoms with Gasteiger partial charge in [0.15, 0.2) is 5.65 Å². The second kappa shape index (κ2) is 8.35. The molecule has 0 aliphatic rings. The molecule has 0 fully saturated rings. The molecule has 8 heteroatoms. The molecular formula is C25H25F2N5O. The molecular weight excluding hydrogens is 424 g/mol. The molecule has 170 valence electrons. The van der Waals surface area contributed by atoms with Gasteiger partial charge in [-0.05, 0) is 65.0 Å². The summed E-state index contributed by atoms with van der Waals surface area (Å²) < 4.78 is 30.2. The first kappa shape index (κ1) is 22.5. The van der Waals surface area contributed by atoms with E-state index in [2.05, 4.69) is 15.1 Å². The number of nitrogens with zero attached hydrogens (tertiary/aromatic N) is 5. The minimum absolute atomic E-state index is 0.0115. The van der Waals surface area contributed by atoms with Crippen LogP contribution < -0.4 is 4.90 Å². The van der Waals surface area contributed by atoms with Crippen molar-refractivity contribution in [1.82, 2.24) is 19.7 Å². The lowest BCUT2D eigenvalue weighted by molar-refractivity contribution is 0.0985. The van der Waals surface area contributed by atoms with Crippen LogP contribution in [0.1, 0.15) is 48.2 Å². The van der Waals surface area contributed by atoms with Gasteiger partial charge in [-0.3, -0.25) is 14.7 Å². The van der Waals surface area contributed by atoms with E-state index < -0.39 is 17.5 Å². The first-order chi connectivity index (χ1) is 15.6. The van der Waals surface area contributed by atoms with E-state index in [1.54, 1.807) is 42.1 Å². The molecule has 0 saturated carbocycles. The summed E-state index contributed by atoms with van der Waals surface area (Å²) in [6.07, 6.45) is 1.60. The number of benzene rings is 1.